The highest BCUT2D eigenvalue weighted by molar-refractivity contribution is 5.83. The monoisotopic (exact) mass is 180 g/mol. The van der Waals surface area contributed by atoms with E-state index < -0.39 is 0 Å². The molecule has 2 heterocycles. The van der Waals surface area contributed by atoms with Crippen molar-refractivity contribution in [3.8, 4) is 0 Å². The largest absolute Gasteiger partial charge is 0.334 e. The molecular weight excluding hydrogens is 164 g/mol. The van der Waals surface area contributed by atoms with Crippen LogP contribution in [0.1, 0.15) is 19.8 Å². The van der Waals surface area contributed by atoms with E-state index in [2.05, 4.69) is 17.1 Å². The molecule has 3 heteroatoms. The smallest absolute Gasteiger partial charge is 0.226 e. The zero-order valence-electron chi connectivity index (χ0n) is 7.99. The van der Waals surface area contributed by atoms with Crippen LogP contribution in [0, 0.1) is 11.8 Å². The summed E-state index contributed by atoms with van der Waals surface area (Å²) in [5, 5.41) is 3.35. The van der Waals surface area contributed by atoms with Gasteiger partial charge in [-0.2, -0.15) is 0 Å². The second-order valence-electron chi connectivity index (χ2n) is 4.77. The lowest BCUT2D eigenvalue weighted by Crippen LogP contribution is -2.69. The molecule has 0 aromatic heterocycles. The van der Waals surface area contributed by atoms with E-state index in [0.717, 1.165) is 19.5 Å². The summed E-state index contributed by atoms with van der Waals surface area (Å²) in [4.78, 5) is 14.1. The third-order valence-corrected chi connectivity index (χ3v) is 3.77. The summed E-state index contributed by atoms with van der Waals surface area (Å²) in [6, 6.07) is 1.05. The van der Waals surface area contributed by atoms with E-state index in [9.17, 15) is 4.79 Å². The van der Waals surface area contributed by atoms with Gasteiger partial charge in [0, 0.05) is 31.1 Å². The van der Waals surface area contributed by atoms with E-state index >= 15 is 0 Å². The molecule has 1 saturated carbocycles. The Morgan fingerprint density at radius 3 is 2.38 bits per heavy atom. The fraction of sp³-hybridized carbons (Fsp3) is 0.900. The summed E-state index contributed by atoms with van der Waals surface area (Å²) in [6.45, 7) is 4.21. The minimum absolute atomic E-state index is 0.378. The van der Waals surface area contributed by atoms with Crippen LogP contribution < -0.4 is 5.32 Å². The van der Waals surface area contributed by atoms with Gasteiger partial charge in [-0.1, -0.05) is 6.92 Å². The molecule has 72 valence electrons. The Bertz CT molecular complexity index is 239. The quantitative estimate of drug-likeness (QED) is 0.626. The van der Waals surface area contributed by atoms with Gasteiger partial charge in [-0.25, -0.2) is 0 Å². The molecule has 2 bridgehead atoms. The van der Waals surface area contributed by atoms with Gasteiger partial charge in [-0.3, -0.25) is 4.79 Å². The van der Waals surface area contributed by atoms with Gasteiger partial charge in [0.15, 0.2) is 0 Å². The summed E-state index contributed by atoms with van der Waals surface area (Å²) in [6.07, 6.45) is 2.36. The molecule has 1 aliphatic carbocycles. The van der Waals surface area contributed by atoms with Gasteiger partial charge in [-0.15, -0.1) is 0 Å². The maximum Gasteiger partial charge on any atom is 0.226 e. The Morgan fingerprint density at radius 2 is 1.92 bits per heavy atom. The fourth-order valence-corrected chi connectivity index (χ4v) is 2.70. The van der Waals surface area contributed by atoms with E-state index in [1.165, 1.54) is 6.42 Å². The van der Waals surface area contributed by atoms with E-state index in [1.54, 1.807) is 0 Å². The maximum absolute atomic E-state index is 11.9. The number of hydrogen-bond acceptors (Lipinski definition) is 2. The molecule has 1 amide bonds. The minimum atomic E-state index is 0.378. The molecule has 3 rings (SSSR count). The van der Waals surface area contributed by atoms with Crippen molar-refractivity contribution in [1.82, 2.24) is 10.2 Å². The minimum Gasteiger partial charge on any atom is -0.334 e. The first-order chi connectivity index (χ1) is 6.27. The number of piperazine rings is 1. The molecule has 2 saturated heterocycles. The van der Waals surface area contributed by atoms with E-state index in [1.807, 2.05) is 0 Å². The van der Waals surface area contributed by atoms with Crippen LogP contribution in [-0.4, -0.2) is 36.0 Å². The van der Waals surface area contributed by atoms with Crippen molar-refractivity contribution < 1.29 is 4.79 Å². The number of hydrogen-bond donors (Lipinski definition) is 1. The summed E-state index contributed by atoms with van der Waals surface area (Å²) in [5.74, 6) is 1.47. The Balaban J connectivity index is 1.69. The van der Waals surface area contributed by atoms with Crippen molar-refractivity contribution >= 4 is 5.91 Å². The van der Waals surface area contributed by atoms with Crippen molar-refractivity contribution in [3.05, 3.63) is 0 Å². The number of carbonyl (C=O) groups is 1. The molecular formula is C10H16N2O. The zero-order valence-corrected chi connectivity index (χ0v) is 7.99. The highest BCUT2D eigenvalue weighted by Gasteiger charge is 2.50. The second-order valence-corrected chi connectivity index (χ2v) is 4.77. The van der Waals surface area contributed by atoms with Crippen LogP contribution in [0.25, 0.3) is 0 Å². The lowest BCUT2D eigenvalue weighted by atomic mass is 9.88. The van der Waals surface area contributed by atoms with Crippen LogP contribution in [0.5, 0.6) is 0 Å². The number of fused-ring (bicyclic) bond motifs is 2. The Morgan fingerprint density at radius 1 is 1.31 bits per heavy atom. The van der Waals surface area contributed by atoms with Crippen LogP contribution in [-0.2, 0) is 4.79 Å². The first-order valence-electron chi connectivity index (χ1n) is 5.30. The average molecular weight is 180 g/mol. The van der Waals surface area contributed by atoms with Crippen molar-refractivity contribution in [2.45, 2.75) is 31.8 Å². The molecule has 0 radical (unpaired) electrons. The molecule has 4 atom stereocenters. The van der Waals surface area contributed by atoms with Crippen LogP contribution in [0.4, 0.5) is 0 Å². The lowest BCUT2D eigenvalue weighted by molar-refractivity contribution is -0.149. The number of nitrogens with zero attached hydrogens (tertiary/aromatic N) is 1. The summed E-state index contributed by atoms with van der Waals surface area (Å²) in [5.41, 5.74) is 0. The topological polar surface area (TPSA) is 32.3 Å². The Labute approximate surface area is 78.5 Å². The van der Waals surface area contributed by atoms with E-state index in [0.29, 0.717) is 29.8 Å². The number of nitrogens with one attached hydrogen (secondary N) is 1. The maximum atomic E-state index is 11.9. The van der Waals surface area contributed by atoms with E-state index in [-0.39, 0.29) is 0 Å². The SMILES string of the molecule is C[C@H]1C[C@@H]1C(=O)N1[C@@H]2CNC[C@H]1C2. The molecule has 2 aliphatic heterocycles. The summed E-state index contributed by atoms with van der Waals surface area (Å²) >= 11 is 0. The average Bonchev–Trinajstić information content (AvgIpc) is 2.84. The number of carbonyl (C=O) groups excluding carboxylic acids is 1. The molecule has 3 fully saturated rings. The molecule has 3 nitrogen and oxygen atoms in total. The predicted octanol–water partition coefficient (Wildman–Crippen LogP) is 0.215. The molecule has 13 heavy (non-hydrogen) atoms. The van der Waals surface area contributed by atoms with Gasteiger partial charge in [0.25, 0.3) is 0 Å². The number of amides is 1. The normalized spacial score (nSPS) is 47.0. The third-order valence-electron chi connectivity index (χ3n) is 3.77. The van der Waals surface area contributed by atoms with Gasteiger partial charge in [0.2, 0.25) is 5.91 Å². The molecule has 0 aromatic carbocycles. The highest BCUT2D eigenvalue weighted by Crippen LogP contribution is 2.42. The standard InChI is InChI=1S/C10H16N2O/c1-6-2-9(6)10(13)12-7-3-8(12)5-11-4-7/h6-9,11H,2-5H2,1H3/t6-,7-,8+,9-/m0/s1. The van der Waals surface area contributed by atoms with Crippen LogP contribution in [0.15, 0.2) is 0 Å². The fourth-order valence-electron chi connectivity index (χ4n) is 2.70. The lowest BCUT2D eigenvalue weighted by Gasteiger charge is -2.53. The Kier molecular flexibility index (Phi) is 1.48. The van der Waals surface area contributed by atoms with Crippen LogP contribution >= 0.6 is 0 Å². The molecule has 0 spiro atoms. The number of rotatable bonds is 1. The van der Waals surface area contributed by atoms with Gasteiger partial charge in [0.05, 0.1) is 0 Å². The van der Waals surface area contributed by atoms with Gasteiger partial charge < -0.3 is 10.2 Å². The Hall–Kier alpha value is -0.570. The highest BCUT2D eigenvalue weighted by atomic mass is 16.2. The van der Waals surface area contributed by atoms with Crippen molar-refractivity contribution in [2.24, 2.45) is 11.8 Å². The first-order valence-corrected chi connectivity index (χ1v) is 5.30. The zero-order chi connectivity index (χ0) is 9.00. The van der Waals surface area contributed by atoms with Gasteiger partial charge >= 0.3 is 0 Å². The number of piperidine rings is 1. The third kappa shape index (κ3) is 1.03. The van der Waals surface area contributed by atoms with Gasteiger partial charge in [0.1, 0.15) is 0 Å². The van der Waals surface area contributed by atoms with E-state index in [4.69, 9.17) is 0 Å². The second kappa shape index (κ2) is 2.47. The van der Waals surface area contributed by atoms with Crippen molar-refractivity contribution in [1.29, 1.82) is 0 Å². The van der Waals surface area contributed by atoms with Gasteiger partial charge in [-0.05, 0) is 18.8 Å². The summed E-state index contributed by atoms with van der Waals surface area (Å²) in [7, 11) is 0. The molecule has 0 unspecified atom stereocenters. The van der Waals surface area contributed by atoms with Crippen LogP contribution in [0.2, 0.25) is 0 Å². The predicted molar refractivity (Wildman–Crippen MR) is 49.2 cm³/mol. The van der Waals surface area contributed by atoms with Crippen LogP contribution in [0.3, 0.4) is 0 Å². The van der Waals surface area contributed by atoms with Crippen molar-refractivity contribution in [3.63, 3.8) is 0 Å². The molecule has 0 aromatic rings. The first kappa shape index (κ1) is 7.80. The molecule has 3 aliphatic rings. The van der Waals surface area contributed by atoms with Crippen molar-refractivity contribution in [2.75, 3.05) is 13.1 Å². The summed E-state index contributed by atoms with van der Waals surface area (Å²) < 4.78 is 0. The molecule has 1 N–H and O–H groups in total.